The molecule has 0 aliphatic heterocycles. The van der Waals surface area contributed by atoms with Gasteiger partial charge in [0.2, 0.25) is 29.5 Å². The van der Waals surface area contributed by atoms with Crippen LogP contribution in [-0.4, -0.2) is 123 Å². The van der Waals surface area contributed by atoms with Crippen LogP contribution in [0.25, 0.3) is 0 Å². The van der Waals surface area contributed by atoms with Crippen molar-refractivity contribution >= 4 is 41.9 Å². The van der Waals surface area contributed by atoms with Crippen molar-refractivity contribution in [2.45, 2.75) is 82.6 Å². The van der Waals surface area contributed by atoms with Crippen molar-refractivity contribution in [2.24, 2.45) is 5.73 Å². The summed E-state index contributed by atoms with van der Waals surface area (Å²) in [7, 11) is 1.01. The zero-order valence-corrected chi connectivity index (χ0v) is 22.0. The summed E-state index contributed by atoms with van der Waals surface area (Å²) in [6.07, 6.45) is -8.92. The van der Waals surface area contributed by atoms with Gasteiger partial charge < -0.3 is 51.6 Å². The second-order valence-corrected chi connectivity index (χ2v) is 8.53. The quantitative estimate of drug-likeness (QED) is 0.0785. The van der Waals surface area contributed by atoms with Crippen molar-refractivity contribution < 1.29 is 58.7 Å². The Bertz CT molecular complexity index is 901. The molecule has 0 radical (unpaired) electrons. The van der Waals surface area contributed by atoms with E-state index in [1.807, 2.05) is 0 Å². The number of ether oxygens (including phenoxy) is 1. The molecule has 0 bridgehead atoms. The van der Waals surface area contributed by atoms with Crippen LogP contribution < -0.4 is 21.7 Å². The van der Waals surface area contributed by atoms with Gasteiger partial charge >= 0.3 is 6.09 Å². The van der Waals surface area contributed by atoms with Gasteiger partial charge in [-0.3, -0.25) is 28.9 Å². The van der Waals surface area contributed by atoms with Crippen molar-refractivity contribution in [1.29, 1.82) is 0 Å². The second kappa shape index (κ2) is 17.0. The number of nitrogens with one attached hydrogen (secondary N) is 3. The average Bonchev–Trinajstić information content (AvgIpc) is 2.90. The Labute approximate surface area is 224 Å². The Morgan fingerprint density at radius 2 is 1.62 bits per heavy atom. The molecule has 0 saturated carbocycles. The number of nitrogens with zero attached hydrogens (tertiary/aromatic N) is 1. The maximum Gasteiger partial charge on any atom is 0.413 e. The van der Waals surface area contributed by atoms with E-state index in [-0.39, 0.29) is 19.1 Å². The minimum atomic E-state index is -1.91. The van der Waals surface area contributed by atoms with Crippen LogP contribution in [0, 0.1) is 0 Å². The summed E-state index contributed by atoms with van der Waals surface area (Å²) < 4.78 is 5.43. The van der Waals surface area contributed by atoms with Gasteiger partial charge in [-0.25, -0.2) is 4.79 Å². The molecule has 0 rings (SSSR count). The molecule has 3 unspecified atom stereocenters. The molecule has 9 N–H and O–H groups in total. The Morgan fingerprint density at radius 1 is 1.03 bits per heavy atom. The summed E-state index contributed by atoms with van der Waals surface area (Å²) >= 11 is 0. The molecule has 0 aliphatic carbocycles. The maximum atomic E-state index is 12.6. The van der Waals surface area contributed by atoms with E-state index in [0.717, 1.165) is 7.05 Å². The number of aliphatic hydroxyl groups is 3. The first-order valence-electron chi connectivity index (χ1n) is 11.9. The summed E-state index contributed by atoms with van der Waals surface area (Å²) in [4.78, 5) is 83.2. The first kappa shape index (κ1) is 35.3. The molecule has 17 heteroatoms. The van der Waals surface area contributed by atoms with E-state index in [2.05, 4.69) is 16.0 Å². The highest BCUT2D eigenvalue weighted by Gasteiger charge is 2.37. The molecule has 0 aromatic heterocycles. The number of carboxylic acid groups (broad SMARTS) is 1. The molecule has 0 fully saturated rings. The van der Waals surface area contributed by atoms with Gasteiger partial charge in [-0.05, 0) is 20.3 Å². The Morgan fingerprint density at radius 3 is 2.08 bits per heavy atom. The summed E-state index contributed by atoms with van der Waals surface area (Å²) in [5, 5.41) is 44.9. The van der Waals surface area contributed by atoms with E-state index in [1.165, 1.54) is 20.8 Å². The Hall–Kier alpha value is -3.67. The third-order valence-electron chi connectivity index (χ3n) is 5.52. The van der Waals surface area contributed by atoms with Gasteiger partial charge in [-0.15, -0.1) is 0 Å². The first-order chi connectivity index (χ1) is 18.1. The number of carbonyl (C=O) groups excluding carboxylic acids is 6. The van der Waals surface area contributed by atoms with Gasteiger partial charge in [0.1, 0.15) is 48.8 Å². The van der Waals surface area contributed by atoms with Gasteiger partial charge in [0.15, 0.2) is 0 Å². The summed E-state index contributed by atoms with van der Waals surface area (Å²) in [5.41, 5.74) is 5.24. The fraction of sp³-hybridized carbons (Fsp3) is 0.682. The molecule has 222 valence electrons. The van der Waals surface area contributed by atoms with E-state index in [4.69, 9.17) is 20.7 Å². The van der Waals surface area contributed by atoms with E-state index in [1.54, 1.807) is 0 Å². The highest BCUT2D eigenvalue weighted by atomic mass is 16.5. The van der Waals surface area contributed by atoms with Crippen molar-refractivity contribution in [1.82, 2.24) is 20.9 Å². The lowest BCUT2D eigenvalue weighted by Gasteiger charge is -2.32. The topological polar surface area (TPSA) is 275 Å². The zero-order valence-electron chi connectivity index (χ0n) is 22.0. The SMILES string of the molecule is CCC(=O)N[C@@H](C=O)[C@@H](OC(C)C(=O)NC(C)C(=O)NC(CCC(=O)N(C)C(=O)O)C(N)=O)[C@H](O)[C@H](O)CO. The van der Waals surface area contributed by atoms with Gasteiger partial charge in [0.25, 0.3) is 0 Å². The maximum absolute atomic E-state index is 12.6. The molecule has 0 spiro atoms. The smallest absolute Gasteiger partial charge is 0.413 e. The lowest BCUT2D eigenvalue weighted by molar-refractivity contribution is -0.158. The molecule has 6 amide bonds. The van der Waals surface area contributed by atoms with Crippen LogP contribution in [0.3, 0.4) is 0 Å². The molecule has 0 saturated heterocycles. The monoisotopic (exact) mass is 563 g/mol. The number of carbonyl (C=O) groups is 7. The van der Waals surface area contributed by atoms with E-state index < -0.39 is 91.2 Å². The molecule has 0 aliphatic rings. The molecule has 0 aromatic carbocycles. The molecule has 17 nitrogen and oxygen atoms in total. The number of hydrogen-bond donors (Lipinski definition) is 8. The van der Waals surface area contributed by atoms with Crippen molar-refractivity contribution in [2.75, 3.05) is 13.7 Å². The number of hydrogen-bond acceptors (Lipinski definition) is 11. The standard InChI is InChI=1S/C22H37N5O12/c1-5-15(31)25-13(8-28)18(17(33)14(30)9-29)39-11(3)21(36)24-10(2)20(35)26-12(19(23)34)6-7-16(32)27(4)22(37)38/h8,10-14,17-18,29-30,33H,5-7,9H2,1-4H3,(H2,23,34)(H,24,36)(H,25,31)(H,26,35)(H,37,38)/t10?,11?,12?,13-,14+,17+,18+/m0/s1. The molecule has 7 atom stereocenters. The number of nitrogens with two attached hydrogens (primary N) is 1. The van der Waals surface area contributed by atoms with Crippen molar-refractivity contribution in [3.05, 3.63) is 0 Å². The van der Waals surface area contributed by atoms with Gasteiger partial charge in [-0.2, -0.15) is 0 Å². The van der Waals surface area contributed by atoms with Crippen LogP contribution in [0.5, 0.6) is 0 Å². The number of rotatable bonds is 17. The first-order valence-corrected chi connectivity index (χ1v) is 11.9. The third-order valence-corrected chi connectivity index (χ3v) is 5.52. The third kappa shape index (κ3) is 11.7. The minimum Gasteiger partial charge on any atom is -0.465 e. The molecular weight excluding hydrogens is 526 g/mol. The molecule has 0 heterocycles. The Kier molecular flexibility index (Phi) is 15.4. The van der Waals surface area contributed by atoms with Crippen LogP contribution >= 0.6 is 0 Å². The van der Waals surface area contributed by atoms with E-state index >= 15 is 0 Å². The number of imide groups is 1. The minimum absolute atomic E-state index is 0.0326. The normalized spacial score (nSPS) is 16.3. The Balaban J connectivity index is 5.36. The van der Waals surface area contributed by atoms with Crippen molar-refractivity contribution in [3.8, 4) is 0 Å². The highest BCUT2D eigenvalue weighted by molar-refractivity contribution is 5.93. The van der Waals surface area contributed by atoms with Crippen LogP contribution in [0.1, 0.15) is 40.0 Å². The predicted molar refractivity (Wildman–Crippen MR) is 130 cm³/mol. The van der Waals surface area contributed by atoms with E-state index in [9.17, 15) is 43.8 Å². The zero-order chi connectivity index (χ0) is 30.4. The molecular formula is C22H37N5O12. The van der Waals surface area contributed by atoms with Gasteiger partial charge in [0.05, 0.1) is 6.61 Å². The fourth-order valence-corrected chi connectivity index (χ4v) is 3.00. The predicted octanol–water partition coefficient (Wildman–Crippen LogP) is -4.04. The lowest BCUT2D eigenvalue weighted by Crippen LogP contribution is -2.57. The van der Waals surface area contributed by atoms with Crippen LogP contribution in [0.4, 0.5) is 4.79 Å². The summed E-state index contributed by atoms with van der Waals surface area (Å²) in [5.74, 6) is -4.30. The van der Waals surface area contributed by atoms with E-state index in [0.29, 0.717) is 4.90 Å². The van der Waals surface area contributed by atoms with Gasteiger partial charge in [0, 0.05) is 19.9 Å². The van der Waals surface area contributed by atoms with Crippen molar-refractivity contribution in [3.63, 3.8) is 0 Å². The van der Waals surface area contributed by atoms with Crippen LogP contribution in [0.15, 0.2) is 0 Å². The van der Waals surface area contributed by atoms with Crippen LogP contribution in [-0.2, 0) is 33.5 Å². The fourth-order valence-electron chi connectivity index (χ4n) is 3.00. The number of amides is 6. The largest absolute Gasteiger partial charge is 0.465 e. The molecule has 39 heavy (non-hydrogen) atoms. The lowest BCUT2D eigenvalue weighted by atomic mass is 10.0. The second-order valence-electron chi connectivity index (χ2n) is 8.53. The van der Waals surface area contributed by atoms with Crippen LogP contribution in [0.2, 0.25) is 0 Å². The molecule has 0 aromatic rings. The summed E-state index contributed by atoms with van der Waals surface area (Å²) in [6, 6.07) is -4.17. The number of aldehydes is 1. The average molecular weight is 564 g/mol. The van der Waals surface area contributed by atoms with Gasteiger partial charge in [-0.1, -0.05) is 6.92 Å². The number of primary amides is 1. The number of aliphatic hydroxyl groups excluding tert-OH is 3. The summed E-state index contributed by atoms with van der Waals surface area (Å²) in [6.45, 7) is 2.99. The highest BCUT2D eigenvalue weighted by Crippen LogP contribution is 2.13.